The normalized spacial score (nSPS) is 11.7. The van der Waals surface area contributed by atoms with Crippen molar-refractivity contribution >= 4 is 50.3 Å². The molecular weight excluding hydrogens is 420 g/mol. The number of nitro groups is 1. The molecule has 2 aromatic heterocycles. The molecule has 0 bridgehead atoms. The van der Waals surface area contributed by atoms with Gasteiger partial charge in [-0.3, -0.25) is 14.9 Å². The van der Waals surface area contributed by atoms with Gasteiger partial charge in [0.1, 0.15) is 11.1 Å². The number of rotatable bonds is 5. The smallest absolute Gasteiger partial charge is 0.347 e. The molecule has 3 aromatic carbocycles. The summed E-state index contributed by atoms with van der Waals surface area (Å²) in [7, 11) is 0. The summed E-state index contributed by atoms with van der Waals surface area (Å²) >= 11 is 0. The van der Waals surface area contributed by atoms with Crippen molar-refractivity contribution in [3.05, 3.63) is 104 Å². The van der Waals surface area contributed by atoms with E-state index >= 15 is 0 Å². The number of hydrogen-bond donors (Lipinski definition) is 0. The van der Waals surface area contributed by atoms with Gasteiger partial charge in [-0.15, -0.1) is 0 Å². The van der Waals surface area contributed by atoms with Crippen LogP contribution in [0.3, 0.4) is 0 Å². The number of fused-ring (bicyclic) bond motifs is 4. The van der Waals surface area contributed by atoms with Gasteiger partial charge < -0.3 is 8.98 Å². The van der Waals surface area contributed by atoms with Gasteiger partial charge in [-0.1, -0.05) is 30.3 Å². The van der Waals surface area contributed by atoms with Crippen LogP contribution in [-0.2, 0) is 6.54 Å². The Hall–Kier alpha value is -4.52. The van der Waals surface area contributed by atoms with Gasteiger partial charge in [-0.05, 0) is 48.9 Å². The van der Waals surface area contributed by atoms with E-state index < -0.39 is 16.3 Å². The maximum Gasteiger partial charge on any atom is 0.347 e. The molecule has 7 heteroatoms. The summed E-state index contributed by atoms with van der Waals surface area (Å²) in [5, 5.41) is 13.6. The molecule has 0 spiro atoms. The lowest BCUT2D eigenvalue weighted by atomic mass is 10.1. The van der Waals surface area contributed by atoms with E-state index in [0.717, 1.165) is 27.4 Å². The van der Waals surface area contributed by atoms with Crippen molar-refractivity contribution < 1.29 is 14.1 Å². The van der Waals surface area contributed by atoms with Gasteiger partial charge in [0.25, 0.3) is 5.69 Å². The highest BCUT2D eigenvalue weighted by Gasteiger charge is 2.15. The lowest BCUT2D eigenvalue weighted by Crippen LogP contribution is -2.11. The van der Waals surface area contributed by atoms with Crippen LogP contribution in [0.4, 0.5) is 5.69 Å². The fraction of sp³-hybridized carbons (Fsp3) is 0.0769. The van der Waals surface area contributed by atoms with Crippen molar-refractivity contribution in [3.8, 4) is 0 Å². The second kappa shape index (κ2) is 7.87. The van der Waals surface area contributed by atoms with Gasteiger partial charge in [0, 0.05) is 45.9 Å². The topological polar surface area (TPSA) is 95.3 Å². The third kappa shape index (κ3) is 3.49. The summed E-state index contributed by atoms with van der Waals surface area (Å²) in [5.41, 5.74) is 2.33. The van der Waals surface area contributed by atoms with E-state index in [1.165, 1.54) is 18.2 Å². The van der Waals surface area contributed by atoms with Crippen LogP contribution in [0.15, 0.2) is 82.0 Å². The fourth-order valence-corrected chi connectivity index (χ4v) is 4.16. The zero-order chi connectivity index (χ0) is 23.1. The predicted octanol–water partition coefficient (Wildman–Crippen LogP) is 5.73. The van der Waals surface area contributed by atoms with E-state index in [1.54, 1.807) is 42.5 Å². The second-order valence-electron chi connectivity index (χ2n) is 7.66. The molecule has 0 aliphatic rings. The van der Waals surface area contributed by atoms with Gasteiger partial charge in [0.05, 0.1) is 4.92 Å². The van der Waals surface area contributed by atoms with Gasteiger partial charge in [-0.2, -0.15) is 0 Å². The number of hydrogen-bond acceptors (Lipinski definition) is 5. The standard InChI is InChI=1S/C26H18N2O5/c1-2-27-22-10-7-16(13-19(22)20-15-18(28(31)32)9-11-23(20)27)8-12-24(29)21-14-17-5-3-4-6-25(17)33-26(21)30/h3-15H,2H2,1H3/b12-8+. The highest BCUT2D eigenvalue weighted by Crippen LogP contribution is 2.32. The number of para-hydroxylation sites is 1. The molecule has 0 radical (unpaired) electrons. The Bertz CT molecular complexity index is 1670. The number of nitro benzene ring substituents is 1. The Morgan fingerprint density at radius 2 is 1.76 bits per heavy atom. The molecule has 0 aliphatic carbocycles. The first kappa shape index (κ1) is 20.4. The average molecular weight is 438 g/mol. The first-order valence-electron chi connectivity index (χ1n) is 10.4. The minimum Gasteiger partial charge on any atom is -0.422 e. The lowest BCUT2D eigenvalue weighted by molar-refractivity contribution is -0.384. The number of aryl methyl sites for hydroxylation is 1. The molecule has 0 aliphatic heterocycles. The fourth-order valence-electron chi connectivity index (χ4n) is 4.16. The maximum atomic E-state index is 12.7. The minimum atomic E-state index is -0.683. The Balaban J connectivity index is 1.56. The summed E-state index contributed by atoms with van der Waals surface area (Å²) in [5.74, 6) is -0.457. The van der Waals surface area contributed by atoms with Crippen LogP contribution in [0.25, 0.3) is 38.9 Å². The minimum absolute atomic E-state index is 0.0248. The Labute approximate surface area is 187 Å². The van der Waals surface area contributed by atoms with E-state index in [9.17, 15) is 19.7 Å². The third-order valence-electron chi connectivity index (χ3n) is 5.73. The van der Waals surface area contributed by atoms with Crippen LogP contribution in [0.5, 0.6) is 0 Å². The van der Waals surface area contributed by atoms with Crippen LogP contribution in [-0.4, -0.2) is 15.3 Å². The van der Waals surface area contributed by atoms with Crippen molar-refractivity contribution in [2.75, 3.05) is 0 Å². The van der Waals surface area contributed by atoms with E-state index in [0.29, 0.717) is 17.5 Å². The van der Waals surface area contributed by atoms with Crippen molar-refractivity contribution in [1.82, 2.24) is 4.57 Å². The number of aromatic nitrogens is 1. The molecular formula is C26H18N2O5. The van der Waals surface area contributed by atoms with Crippen molar-refractivity contribution in [2.24, 2.45) is 0 Å². The predicted molar refractivity (Wildman–Crippen MR) is 128 cm³/mol. The van der Waals surface area contributed by atoms with Crippen molar-refractivity contribution in [1.29, 1.82) is 0 Å². The first-order chi connectivity index (χ1) is 16.0. The summed E-state index contributed by atoms with van der Waals surface area (Å²) in [6.07, 6.45) is 2.96. The maximum absolute atomic E-state index is 12.7. The molecule has 2 heterocycles. The van der Waals surface area contributed by atoms with Crippen molar-refractivity contribution in [3.63, 3.8) is 0 Å². The SMILES string of the molecule is CCn1c2ccc(/C=C/C(=O)c3cc4ccccc4oc3=O)cc2c2cc([N+](=O)[O-])ccc21. The summed E-state index contributed by atoms with van der Waals surface area (Å²) in [4.78, 5) is 35.8. The zero-order valence-corrected chi connectivity index (χ0v) is 17.6. The molecule has 0 N–H and O–H groups in total. The molecule has 162 valence electrons. The van der Waals surface area contributed by atoms with Gasteiger partial charge in [-0.25, -0.2) is 4.79 Å². The molecule has 0 atom stereocenters. The summed E-state index contributed by atoms with van der Waals surface area (Å²) < 4.78 is 7.34. The highest BCUT2D eigenvalue weighted by atomic mass is 16.6. The van der Waals surface area contributed by atoms with Crippen LogP contribution in [0, 0.1) is 10.1 Å². The molecule has 0 fully saturated rings. The molecule has 5 rings (SSSR count). The Morgan fingerprint density at radius 1 is 1.03 bits per heavy atom. The zero-order valence-electron chi connectivity index (χ0n) is 17.6. The first-order valence-corrected chi connectivity index (χ1v) is 10.4. The Kier molecular flexibility index (Phi) is 4.86. The van der Waals surface area contributed by atoms with Crippen molar-refractivity contribution in [2.45, 2.75) is 13.5 Å². The number of nitrogens with zero attached hydrogens (tertiary/aromatic N) is 2. The van der Waals surface area contributed by atoms with E-state index in [2.05, 4.69) is 4.57 Å². The molecule has 0 unspecified atom stereocenters. The van der Waals surface area contributed by atoms with Gasteiger partial charge >= 0.3 is 5.63 Å². The molecule has 5 aromatic rings. The summed E-state index contributed by atoms with van der Waals surface area (Å²) in [6.45, 7) is 2.73. The van der Waals surface area contributed by atoms with Crippen LogP contribution >= 0.6 is 0 Å². The van der Waals surface area contributed by atoms with E-state index in [1.807, 2.05) is 25.1 Å². The number of carbonyl (C=O) groups excluding carboxylic acids is 1. The van der Waals surface area contributed by atoms with E-state index in [4.69, 9.17) is 4.42 Å². The highest BCUT2D eigenvalue weighted by molar-refractivity contribution is 6.10. The number of allylic oxidation sites excluding steroid dienone is 1. The van der Waals surface area contributed by atoms with Gasteiger partial charge in [0.2, 0.25) is 0 Å². The second-order valence-corrected chi connectivity index (χ2v) is 7.66. The number of non-ortho nitro benzene ring substituents is 1. The molecule has 33 heavy (non-hydrogen) atoms. The number of benzene rings is 3. The number of ketones is 1. The monoisotopic (exact) mass is 438 g/mol. The largest absolute Gasteiger partial charge is 0.422 e. The average Bonchev–Trinajstić information content (AvgIpc) is 3.14. The lowest BCUT2D eigenvalue weighted by Gasteiger charge is -2.03. The molecule has 0 amide bonds. The quantitative estimate of drug-likeness (QED) is 0.115. The molecule has 0 saturated heterocycles. The third-order valence-corrected chi connectivity index (χ3v) is 5.73. The number of carbonyl (C=O) groups is 1. The Morgan fingerprint density at radius 3 is 2.52 bits per heavy atom. The molecule has 7 nitrogen and oxygen atoms in total. The van der Waals surface area contributed by atoms with Crippen LogP contribution in [0.2, 0.25) is 0 Å². The van der Waals surface area contributed by atoms with Gasteiger partial charge in [0.15, 0.2) is 5.78 Å². The summed E-state index contributed by atoms with van der Waals surface area (Å²) in [6, 6.07) is 19.1. The van der Waals surface area contributed by atoms with E-state index in [-0.39, 0.29) is 11.3 Å². The van der Waals surface area contributed by atoms with Crippen LogP contribution < -0.4 is 5.63 Å². The molecule has 0 saturated carbocycles. The van der Waals surface area contributed by atoms with Crippen LogP contribution in [0.1, 0.15) is 22.8 Å².